The summed E-state index contributed by atoms with van der Waals surface area (Å²) in [5.41, 5.74) is 2.53. The first-order valence-corrected chi connectivity index (χ1v) is 9.52. The quantitative estimate of drug-likeness (QED) is 0.462. The summed E-state index contributed by atoms with van der Waals surface area (Å²) in [6, 6.07) is 6.88. The van der Waals surface area contributed by atoms with E-state index in [0.29, 0.717) is 23.1 Å². The average Bonchev–Trinajstić information content (AvgIpc) is 3.37. The molecule has 4 heterocycles. The van der Waals surface area contributed by atoms with Gasteiger partial charge in [0.25, 0.3) is 5.56 Å². The van der Waals surface area contributed by atoms with Gasteiger partial charge >= 0.3 is 5.97 Å². The van der Waals surface area contributed by atoms with Crippen LogP contribution in [0, 0.1) is 6.92 Å². The Labute approximate surface area is 163 Å². The number of hydrogen-bond acceptors (Lipinski definition) is 8. The summed E-state index contributed by atoms with van der Waals surface area (Å²) >= 11 is 1.54. The molecule has 0 aromatic carbocycles. The van der Waals surface area contributed by atoms with Crippen LogP contribution in [0.5, 0.6) is 0 Å². The minimum atomic E-state index is -0.429. The molecule has 0 radical (unpaired) electrons. The number of thiophene rings is 1. The van der Waals surface area contributed by atoms with E-state index in [1.807, 2.05) is 29.8 Å². The third kappa shape index (κ3) is 3.99. The Kier molecular flexibility index (Phi) is 4.98. The molecule has 0 N–H and O–H groups in total. The van der Waals surface area contributed by atoms with E-state index in [1.54, 1.807) is 23.6 Å². The number of esters is 1. The van der Waals surface area contributed by atoms with E-state index in [1.165, 1.54) is 10.5 Å². The molecule has 4 aromatic heterocycles. The monoisotopic (exact) mass is 396 g/mol. The van der Waals surface area contributed by atoms with Crippen molar-refractivity contribution in [2.75, 3.05) is 0 Å². The number of aromatic nitrogens is 4. The largest absolute Gasteiger partial charge is 0.459 e. The molecule has 0 spiro atoms. The van der Waals surface area contributed by atoms with Crippen molar-refractivity contribution in [3.63, 3.8) is 0 Å². The van der Waals surface area contributed by atoms with Gasteiger partial charge in [0.1, 0.15) is 12.3 Å². The van der Waals surface area contributed by atoms with Gasteiger partial charge in [-0.3, -0.25) is 14.0 Å². The molecule has 142 valence electrons. The second-order valence-corrected chi connectivity index (χ2v) is 6.98. The minimum Gasteiger partial charge on any atom is -0.459 e. The van der Waals surface area contributed by atoms with Crippen LogP contribution in [0.15, 0.2) is 50.5 Å². The van der Waals surface area contributed by atoms with E-state index >= 15 is 0 Å². The molecule has 4 rings (SSSR count). The summed E-state index contributed by atoms with van der Waals surface area (Å²) in [5, 5.41) is 7.74. The Hall–Kier alpha value is -3.33. The number of hydrogen-bond donors (Lipinski definition) is 0. The molecular formula is C19H16N4O4S. The highest BCUT2D eigenvalue weighted by molar-refractivity contribution is 7.08. The summed E-state index contributed by atoms with van der Waals surface area (Å²) in [5.74, 6) is 0.442. The van der Waals surface area contributed by atoms with Gasteiger partial charge in [-0.2, -0.15) is 16.3 Å². The Morgan fingerprint density at radius 2 is 2.18 bits per heavy atom. The fraction of sp³-hybridized carbons (Fsp3) is 0.211. The summed E-state index contributed by atoms with van der Waals surface area (Å²) in [6.45, 7) is 1.83. The molecule has 8 nitrogen and oxygen atoms in total. The maximum atomic E-state index is 12.2. The predicted molar refractivity (Wildman–Crippen MR) is 102 cm³/mol. The maximum Gasteiger partial charge on any atom is 0.306 e. The fourth-order valence-electron chi connectivity index (χ4n) is 2.63. The first-order chi connectivity index (χ1) is 13.6. The highest BCUT2D eigenvalue weighted by Gasteiger charge is 2.12. The maximum absolute atomic E-state index is 12.2. The number of fused-ring (bicyclic) bond motifs is 1. The SMILES string of the molecule is Cc1ccc2nc(COC(=O)CCc3nc(-c4ccsc4)no3)cc(=O)n2c1. The van der Waals surface area contributed by atoms with Gasteiger partial charge < -0.3 is 9.26 Å². The Bertz CT molecular complexity index is 1180. The van der Waals surface area contributed by atoms with Crippen LogP contribution in [0.4, 0.5) is 0 Å². The van der Waals surface area contributed by atoms with E-state index in [4.69, 9.17) is 9.26 Å². The molecule has 0 saturated carbocycles. The van der Waals surface area contributed by atoms with Gasteiger partial charge in [-0.1, -0.05) is 11.2 Å². The topological polar surface area (TPSA) is 99.6 Å². The van der Waals surface area contributed by atoms with Gasteiger partial charge in [0.05, 0.1) is 12.1 Å². The van der Waals surface area contributed by atoms with E-state index in [0.717, 1.165) is 11.1 Å². The molecule has 0 aliphatic rings. The molecule has 9 heteroatoms. The van der Waals surface area contributed by atoms with Crippen LogP contribution in [0.25, 0.3) is 17.0 Å². The second kappa shape index (κ2) is 7.73. The number of pyridine rings is 1. The molecule has 0 saturated heterocycles. The number of carbonyl (C=O) groups is 1. The van der Waals surface area contributed by atoms with Gasteiger partial charge in [0.2, 0.25) is 11.7 Å². The van der Waals surface area contributed by atoms with Crippen molar-refractivity contribution in [3.8, 4) is 11.4 Å². The van der Waals surface area contributed by atoms with Crippen LogP contribution in [-0.2, 0) is 22.6 Å². The summed E-state index contributed by atoms with van der Waals surface area (Å²) in [4.78, 5) is 32.8. The zero-order valence-corrected chi connectivity index (χ0v) is 15.8. The Balaban J connectivity index is 1.34. The van der Waals surface area contributed by atoms with Crippen molar-refractivity contribution in [2.24, 2.45) is 0 Å². The number of nitrogens with zero attached hydrogens (tertiary/aromatic N) is 4. The molecule has 0 atom stereocenters. The smallest absolute Gasteiger partial charge is 0.306 e. The number of aryl methyl sites for hydroxylation is 2. The molecular weight excluding hydrogens is 380 g/mol. The molecule has 0 unspecified atom stereocenters. The molecule has 28 heavy (non-hydrogen) atoms. The molecule has 4 aromatic rings. The van der Waals surface area contributed by atoms with Gasteiger partial charge in [0, 0.05) is 29.6 Å². The molecule has 0 fully saturated rings. The lowest BCUT2D eigenvalue weighted by molar-refractivity contribution is -0.145. The third-order valence-electron chi connectivity index (χ3n) is 4.03. The van der Waals surface area contributed by atoms with E-state index in [9.17, 15) is 9.59 Å². The normalized spacial score (nSPS) is 11.0. The molecule has 0 bridgehead atoms. The molecule has 0 aliphatic carbocycles. The van der Waals surface area contributed by atoms with Gasteiger partial charge in [0.15, 0.2) is 0 Å². The second-order valence-electron chi connectivity index (χ2n) is 6.20. The van der Waals surface area contributed by atoms with Gasteiger partial charge in [-0.25, -0.2) is 4.98 Å². The minimum absolute atomic E-state index is 0.0670. The van der Waals surface area contributed by atoms with Crippen LogP contribution in [0.1, 0.15) is 23.6 Å². The van der Waals surface area contributed by atoms with Crippen LogP contribution in [0.3, 0.4) is 0 Å². The highest BCUT2D eigenvalue weighted by Crippen LogP contribution is 2.19. The molecule has 0 aliphatic heterocycles. The predicted octanol–water partition coefficient (Wildman–Crippen LogP) is 2.79. The van der Waals surface area contributed by atoms with Crippen molar-refractivity contribution in [1.82, 2.24) is 19.5 Å². The van der Waals surface area contributed by atoms with E-state index in [-0.39, 0.29) is 25.0 Å². The molecule has 0 amide bonds. The van der Waals surface area contributed by atoms with Crippen molar-refractivity contribution in [3.05, 3.63) is 68.7 Å². The van der Waals surface area contributed by atoms with Crippen molar-refractivity contribution >= 4 is 23.0 Å². The fourth-order valence-corrected chi connectivity index (χ4v) is 3.27. The number of rotatable bonds is 6. The van der Waals surface area contributed by atoms with Crippen LogP contribution in [-0.4, -0.2) is 25.5 Å². The average molecular weight is 396 g/mol. The lowest BCUT2D eigenvalue weighted by atomic mass is 10.3. The zero-order valence-electron chi connectivity index (χ0n) is 15.0. The summed E-state index contributed by atoms with van der Waals surface area (Å²) < 4.78 is 11.8. The van der Waals surface area contributed by atoms with Crippen LogP contribution in [0.2, 0.25) is 0 Å². The third-order valence-corrected chi connectivity index (χ3v) is 4.72. The number of carbonyl (C=O) groups excluding carboxylic acids is 1. The van der Waals surface area contributed by atoms with E-state index in [2.05, 4.69) is 15.1 Å². The first kappa shape index (κ1) is 18.1. The van der Waals surface area contributed by atoms with Crippen molar-refractivity contribution < 1.29 is 14.1 Å². The Morgan fingerprint density at radius 3 is 3.00 bits per heavy atom. The van der Waals surface area contributed by atoms with Gasteiger partial charge in [-0.05, 0) is 30.0 Å². The van der Waals surface area contributed by atoms with E-state index < -0.39 is 5.97 Å². The lowest BCUT2D eigenvalue weighted by Crippen LogP contribution is -2.17. The summed E-state index contributed by atoms with van der Waals surface area (Å²) in [7, 11) is 0. The lowest BCUT2D eigenvalue weighted by Gasteiger charge is -2.06. The van der Waals surface area contributed by atoms with Gasteiger partial charge in [-0.15, -0.1) is 0 Å². The van der Waals surface area contributed by atoms with Crippen LogP contribution < -0.4 is 5.56 Å². The van der Waals surface area contributed by atoms with Crippen LogP contribution >= 0.6 is 11.3 Å². The summed E-state index contributed by atoms with van der Waals surface area (Å²) in [6.07, 6.45) is 2.09. The number of ether oxygens (including phenoxy) is 1. The zero-order chi connectivity index (χ0) is 19.5. The van der Waals surface area contributed by atoms with Crippen molar-refractivity contribution in [1.29, 1.82) is 0 Å². The van der Waals surface area contributed by atoms with Crippen molar-refractivity contribution in [2.45, 2.75) is 26.4 Å². The Morgan fingerprint density at radius 1 is 1.29 bits per heavy atom. The standard InChI is InChI=1S/C19H16N4O4S/c1-12-2-3-15-20-14(8-17(24)23(15)9-12)10-26-18(25)5-4-16-21-19(22-27-16)13-6-7-28-11-13/h2-3,6-9,11H,4-5,10H2,1H3. The first-order valence-electron chi connectivity index (χ1n) is 8.58. The highest BCUT2D eigenvalue weighted by atomic mass is 32.1.